The monoisotopic (exact) mass is 972 g/mol. The van der Waals surface area contributed by atoms with Gasteiger partial charge in [-0.3, -0.25) is 38.7 Å². The number of benzene rings is 6. The molecule has 2 amide bonds. The Morgan fingerprint density at radius 1 is 0.455 bits per heavy atom. The third-order valence-electron chi connectivity index (χ3n) is 10.0. The van der Waals surface area contributed by atoms with E-state index in [9.17, 15) is 66.3 Å². The van der Waals surface area contributed by atoms with Crippen LogP contribution in [0.5, 0.6) is 0 Å². The van der Waals surface area contributed by atoms with Crippen LogP contribution in [0.4, 0.5) is 27.5 Å². The van der Waals surface area contributed by atoms with Gasteiger partial charge in [0.05, 0.1) is 11.4 Å². The molecule has 6 aromatic carbocycles. The molecule has 2 aliphatic carbocycles. The number of ketones is 2. The molecule has 0 spiro atoms. The molecule has 0 atom stereocenters. The van der Waals surface area contributed by atoms with Crippen molar-refractivity contribution in [1.29, 1.82) is 0 Å². The van der Waals surface area contributed by atoms with Crippen LogP contribution < -0.4 is 21.5 Å². The highest BCUT2D eigenvalue weighted by Crippen LogP contribution is 2.33. The van der Waals surface area contributed by atoms with E-state index in [-0.39, 0.29) is 66.5 Å². The minimum absolute atomic E-state index is 0.0179. The second-order valence-corrected chi connectivity index (χ2v) is 19.8. The number of hydrazone groups is 2. The lowest BCUT2D eigenvalue weighted by Crippen LogP contribution is -2.27. The van der Waals surface area contributed by atoms with Gasteiger partial charge >= 0.3 is 6.03 Å². The number of fused-ring (bicyclic) bond motifs is 4. The molecule has 0 bridgehead atoms. The van der Waals surface area contributed by atoms with E-state index in [2.05, 4.69) is 31.7 Å². The first-order chi connectivity index (χ1) is 31.0. The van der Waals surface area contributed by atoms with Crippen LogP contribution in [0.25, 0.3) is 33.7 Å². The quantitative estimate of drug-likeness (QED) is 0.0583. The molecular weight excluding hydrogens is 945 g/mol. The van der Waals surface area contributed by atoms with Gasteiger partial charge in [0.25, 0.3) is 40.5 Å². The molecule has 336 valence electrons. The largest absolute Gasteiger partial charge is 0.323 e. The number of nitrogens with one attached hydrogen (secondary N) is 4. The third-order valence-corrected chi connectivity index (χ3v) is 13.6. The molecular formula is C41H28N6O15S4. The summed E-state index contributed by atoms with van der Waals surface area (Å²) in [6.07, 6.45) is 1.87. The van der Waals surface area contributed by atoms with Crippen molar-refractivity contribution in [3.05, 3.63) is 141 Å². The molecule has 0 aromatic heterocycles. The number of urea groups is 1. The van der Waals surface area contributed by atoms with Gasteiger partial charge in [-0.15, -0.1) is 0 Å². The van der Waals surface area contributed by atoms with Crippen LogP contribution in [-0.4, -0.2) is 80.9 Å². The number of carbonyl (C=O) groups is 3. The van der Waals surface area contributed by atoms with Crippen molar-refractivity contribution in [2.24, 2.45) is 10.2 Å². The number of anilines is 4. The molecule has 0 aliphatic heterocycles. The number of allylic oxidation sites excluding steroid dienone is 2. The van der Waals surface area contributed by atoms with Crippen molar-refractivity contribution in [2.45, 2.75) is 9.79 Å². The van der Waals surface area contributed by atoms with E-state index in [1.165, 1.54) is 109 Å². The zero-order chi connectivity index (χ0) is 47.5. The van der Waals surface area contributed by atoms with E-state index in [4.69, 9.17) is 0 Å². The SMILES string of the molecule is O=C(Nc1ccc2c(c1)C=C(S(=O)(=O)O)/C(=N\Nc1cccc3c(S(=O)(=O)O)cccc13)C2=O)Nc1ccc2c(c1)C=C(S(=O)(=O)O)/C(=N/Nc1cccc3c(S(=O)(=O)O)cccc13)C2=O. The highest BCUT2D eigenvalue weighted by molar-refractivity contribution is 7.91. The number of hydrogen-bond acceptors (Lipinski definition) is 15. The van der Waals surface area contributed by atoms with Crippen molar-refractivity contribution in [3.8, 4) is 0 Å². The summed E-state index contributed by atoms with van der Waals surface area (Å²) in [4.78, 5) is 37.8. The maximum absolute atomic E-state index is 13.6. The number of carbonyl (C=O) groups excluding carboxylic acids is 3. The van der Waals surface area contributed by atoms with E-state index in [0.29, 0.717) is 0 Å². The zero-order valence-corrected chi connectivity index (χ0v) is 36.1. The molecule has 2 aliphatic rings. The first kappa shape index (κ1) is 45.1. The molecule has 0 heterocycles. The van der Waals surface area contributed by atoms with Crippen LogP contribution >= 0.6 is 0 Å². The molecule has 8 rings (SSSR count). The molecule has 6 aromatic rings. The Bertz CT molecular complexity index is 3530. The average Bonchev–Trinajstić information content (AvgIpc) is 3.23. The summed E-state index contributed by atoms with van der Waals surface area (Å²) in [6.45, 7) is 0. The summed E-state index contributed by atoms with van der Waals surface area (Å²) in [7, 11) is -19.5. The van der Waals surface area contributed by atoms with Crippen LogP contribution in [0.3, 0.4) is 0 Å². The lowest BCUT2D eigenvalue weighted by atomic mass is 9.94. The zero-order valence-electron chi connectivity index (χ0n) is 32.9. The standard InChI is InChI=1S/C41H28N6O15S4/c48-39-25-15-13-23(17-21(25)19-35(65(57,58)59)37(39)46-44-31-9-1-7-29-27(31)5-3-11-33(29)63(51,52)53)42-41(50)43-24-14-16-26-22(18-24)20-36(66(60,61)62)38(40(26)49)47-45-32-10-2-8-30-28(32)6-4-12-34(30)64(54,55)56/h1-20,44-45H,(H2,42,43,50)(H,51,52,53)(H,54,55,56)(H,57,58,59)(H,60,61,62)/b46-37-,47-38+. The lowest BCUT2D eigenvalue weighted by Gasteiger charge is -2.18. The van der Waals surface area contributed by atoms with Gasteiger partial charge in [0.15, 0.2) is 11.4 Å². The van der Waals surface area contributed by atoms with Gasteiger partial charge in [-0.25, -0.2) is 4.79 Å². The highest BCUT2D eigenvalue weighted by atomic mass is 32.2. The normalized spacial score (nSPS) is 15.5. The highest BCUT2D eigenvalue weighted by Gasteiger charge is 2.35. The lowest BCUT2D eigenvalue weighted by molar-refractivity contribution is 0.105. The Morgan fingerprint density at radius 3 is 1.18 bits per heavy atom. The van der Waals surface area contributed by atoms with Crippen LogP contribution in [0.15, 0.2) is 139 Å². The van der Waals surface area contributed by atoms with E-state index in [1.54, 1.807) is 0 Å². The Balaban J connectivity index is 1.02. The Hall–Kier alpha value is -7.49. The van der Waals surface area contributed by atoms with Crippen molar-refractivity contribution in [1.82, 2.24) is 0 Å². The smallest absolute Gasteiger partial charge is 0.308 e. The van der Waals surface area contributed by atoms with Crippen molar-refractivity contribution < 1.29 is 66.3 Å². The van der Waals surface area contributed by atoms with E-state index in [0.717, 1.165) is 12.2 Å². The summed E-state index contributed by atoms with van der Waals surface area (Å²) in [5.74, 6) is -1.93. The van der Waals surface area contributed by atoms with Gasteiger partial charge < -0.3 is 10.6 Å². The van der Waals surface area contributed by atoms with Gasteiger partial charge in [0, 0.05) is 44.0 Å². The van der Waals surface area contributed by atoms with Crippen LogP contribution in [0, 0.1) is 0 Å². The fraction of sp³-hybridized carbons (Fsp3) is 0. The van der Waals surface area contributed by atoms with Crippen molar-refractivity contribution in [3.63, 3.8) is 0 Å². The number of rotatable bonds is 10. The van der Waals surface area contributed by atoms with Gasteiger partial charge in [0.2, 0.25) is 11.6 Å². The van der Waals surface area contributed by atoms with Crippen LogP contribution in [0.1, 0.15) is 31.8 Å². The molecule has 0 fully saturated rings. The summed E-state index contributed by atoms with van der Waals surface area (Å²) >= 11 is 0. The molecule has 66 heavy (non-hydrogen) atoms. The second kappa shape index (κ2) is 16.5. The molecule has 8 N–H and O–H groups in total. The van der Waals surface area contributed by atoms with E-state index < -0.39 is 89.1 Å². The maximum Gasteiger partial charge on any atom is 0.323 e. The Kier molecular flexibility index (Phi) is 11.3. The number of nitrogens with zero attached hydrogens (tertiary/aromatic N) is 2. The van der Waals surface area contributed by atoms with Crippen molar-refractivity contribution >= 4 is 126 Å². The van der Waals surface area contributed by atoms with E-state index >= 15 is 0 Å². The van der Waals surface area contributed by atoms with Gasteiger partial charge in [-0.05, 0) is 83.9 Å². The third kappa shape index (κ3) is 8.82. The number of hydrogen-bond donors (Lipinski definition) is 8. The predicted molar refractivity (Wildman–Crippen MR) is 243 cm³/mol. The first-order valence-electron chi connectivity index (χ1n) is 18.5. The van der Waals surface area contributed by atoms with Crippen molar-refractivity contribution in [2.75, 3.05) is 21.5 Å². The minimum atomic E-state index is -5.12. The molecule has 0 saturated heterocycles. The molecule has 0 unspecified atom stereocenters. The van der Waals surface area contributed by atoms with Crippen LogP contribution in [0.2, 0.25) is 0 Å². The molecule has 25 heteroatoms. The topological polar surface area (TPSA) is 342 Å². The number of Topliss-reactive ketones (excluding diaryl/α,β-unsaturated/α-hetero) is 2. The van der Waals surface area contributed by atoms with E-state index in [1.807, 2.05) is 0 Å². The summed E-state index contributed by atoms with van der Waals surface area (Å²) < 4.78 is 137. The summed E-state index contributed by atoms with van der Waals surface area (Å²) in [5, 5.41) is 13.5. The van der Waals surface area contributed by atoms with Gasteiger partial charge in [-0.2, -0.15) is 43.9 Å². The Morgan fingerprint density at radius 2 is 0.818 bits per heavy atom. The predicted octanol–water partition coefficient (Wildman–Crippen LogP) is 5.92. The first-order valence-corrected chi connectivity index (χ1v) is 24.3. The van der Waals surface area contributed by atoms with Gasteiger partial charge in [0.1, 0.15) is 19.6 Å². The molecule has 0 saturated carbocycles. The second-order valence-electron chi connectivity index (χ2n) is 14.2. The maximum atomic E-state index is 13.6. The summed E-state index contributed by atoms with van der Waals surface area (Å²) in [5.41, 5.74) is 3.53. The Labute approximate surface area is 373 Å². The average molecular weight is 973 g/mol. The van der Waals surface area contributed by atoms with Crippen LogP contribution in [-0.2, 0) is 40.5 Å². The summed E-state index contributed by atoms with van der Waals surface area (Å²) in [6, 6.07) is 23.1. The number of amides is 2. The fourth-order valence-corrected chi connectivity index (χ4v) is 9.90. The van der Waals surface area contributed by atoms with Gasteiger partial charge in [-0.1, -0.05) is 48.5 Å². The molecule has 0 radical (unpaired) electrons. The molecule has 21 nitrogen and oxygen atoms in total. The minimum Gasteiger partial charge on any atom is -0.308 e. The fourth-order valence-electron chi connectivity index (χ4n) is 7.17.